The topological polar surface area (TPSA) is 40.6 Å². The number of imide groups is 1. The SMILES string of the molecule is O=C1C[C@@H](N2CCC(Cc3ccccc3)CC2)C(=O)N1c1ccc(F)cc1. The number of anilines is 1. The van der Waals surface area contributed by atoms with E-state index in [-0.39, 0.29) is 30.1 Å². The first kappa shape index (κ1) is 17.9. The average molecular weight is 366 g/mol. The Labute approximate surface area is 158 Å². The Hall–Kier alpha value is -2.53. The molecule has 2 aromatic carbocycles. The second-order valence-corrected chi connectivity index (χ2v) is 7.43. The molecule has 4 rings (SSSR count). The van der Waals surface area contributed by atoms with Crippen LogP contribution in [0.2, 0.25) is 0 Å². The van der Waals surface area contributed by atoms with E-state index in [1.807, 2.05) is 6.07 Å². The van der Waals surface area contributed by atoms with Crippen LogP contribution < -0.4 is 4.90 Å². The Balaban J connectivity index is 1.38. The lowest BCUT2D eigenvalue weighted by Gasteiger charge is -2.34. The molecule has 2 heterocycles. The fourth-order valence-corrected chi connectivity index (χ4v) is 4.18. The molecule has 27 heavy (non-hydrogen) atoms. The smallest absolute Gasteiger partial charge is 0.251 e. The molecular weight excluding hydrogens is 343 g/mol. The molecule has 0 saturated carbocycles. The normalized spacial score (nSPS) is 21.8. The number of likely N-dealkylation sites (tertiary alicyclic amines) is 1. The molecule has 0 aromatic heterocycles. The summed E-state index contributed by atoms with van der Waals surface area (Å²) in [6, 6.07) is 15.6. The third kappa shape index (κ3) is 3.78. The lowest BCUT2D eigenvalue weighted by Crippen LogP contribution is -2.46. The quantitative estimate of drug-likeness (QED) is 0.779. The molecule has 2 fully saturated rings. The van der Waals surface area contributed by atoms with E-state index in [1.54, 1.807) is 0 Å². The van der Waals surface area contributed by atoms with Gasteiger partial charge in [-0.2, -0.15) is 0 Å². The van der Waals surface area contributed by atoms with Crippen LogP contribution in [-0.4, -0.2) is 35.8 Å². The van der Waals surface area contributed by atoms with Gasteiger partial charge >= 0.3 is 0 Å². The molecule has 0 unspecified atom stereocenters. The van der Waals surface area contributed by atoms with E-state index < -0.39 is 0 Å². The Morgan fingerprint density at radius 3 is 2.26 bits per heavy atom. The summed E-state index contributed by atoms with van der Waals surface area (Å²) in [5.74, 6) is -0.157. The summed E-state index contributed by atoms with van der Waals surface area (Å²) in [5.41, 5.74) is 1.80. The third-order valence-corrected chi connectivity index (χ3v) is 5.66. The number of carbonyl (C=O) groups is 2. The maximum Gasteiger partial charge on any atom is 0.251 e. The second kappa shape index (κ2) is 7.61. The van der Waals surface area contributed by atoms with Gasteiger partial charge < -0.3 is 0 Å². The Bertz CT molecular complexity index is 814. The number of hydrogen-bond donors (Lipinski definition) is 0. The minimum absolute atomic E-state index is 0.187. The summed E-state index contributed by atoms with van der Waals surface area (Å²) in [6.45, 7) is 1.66. The molecular formula is C22H23FN2O2. The van der Waals surface area contributed by atoms with Crippen LogP contribution in [0.4, 0.5) is 10.1 Å². The molecule has 0 aliphatic carbocycles. The van der Waals surface area contributed by atoms with Crippen LogP contribution in [0, 0.1) is 11.7 Å². The number of nitrogens with zero attached hydrogens (tertiary/aromatic N) is 2. The van der Waals surface area contributed by atoms with Crippen LogP contribution in [0.25, 0.3) is 0 Å². The number of piperidine rings is 1. The van der Waals surface area contributed by atoms with Crippen molar-refractivity contribution in [3.63, 3.8) is 0 Å². The van der Waals surface area contributed by atoms with Gasteiger partial charge in [-0.05, 0) is 68.1 Å². The number of amides is 2. The van der Waals surface area contributed by atoms with E-state index in [0.29, 0.717) is 11.6 Å². The van der Waals surface area contributed by atoms with Crippen molar-refractivity contribution in [2.45, 2.75) is 31.7 Å². The van der Waals surface area contributed by atoms with Crippen LogP contribution in [0.1, 0.15) is 24.8 Å². The van der Waals surface area contributed by atoms with E-state index in [1.165, 1.54) is 34.7 Å². The zero-order valence-electron chi connectivity index (χ0n) is 15.2. The number of benzene rings is 2. The Morgan fingerprint density at radius 2 is 1.59 bits per heavy atom. The van der Waals surface area contributed by atoms with Crippen molar-refractivity contribution < 1.29 is 14.0 Å². The largest absolute Gasteiger partial charge is 0.292 e. The van der Waals surface area contributed by atoms with Crippen LogP contribution in [-0.2, 0) is 16.0 Å². The monoisotopic (exact) mass is 366 g/mol. The lowest BCUT2D eigenvalue weighted by molar-refractivity contribution is -0.123. The maximum atomic E-state index is 13.1. The van der Waals surface area contributed by atoms with Gasteiger partial charge in [-0.1, -0.05) is 30.3 Å². The van der Waals surface area contributed by atoms with Crippen LogP contribution >= 0.6 is 0 Å². The highest BCUT2D eigenvalue weighted by Gasteiger charge is 2.43. The molecule has 0 bridgehead atoms. The van der Waals surface area contributed by atoms with E-state index in [0.717, 1.165) is 32.4 Å². The number of carbonyl (C=O) groups excluding carboxylic acids is 2. The molecule has 2 aromatic rings. The van der Waals surface area contributed by atoms with Gasteiger partial charge in [0.15, 0.2) is 0 Å². The van der Waals surface area contributed by atoms with Crippen molar-refractivity contribution in [2.24, 2.45) is 5.92 Å². The van der Waals surface area contributed by atoms with E-state index in [4.69, 9.17) is 0 Å². The van der Waals surface area contributed by atoms with Gasteiger partial charge in [-0.15, -0.1) is 0 Å². The van der Waals surface area contributed by atoms with Gasteiger partial charge in [0, 0.05) is 0 Å². The first-order valence-electron chi connectivity index (χ1n) is 9.52. The summed E-state index contributed by atoms with van der Waals surface area (Å²) in [6.07, 6.45) is 3.33. The number of rotatable bonds is 4. The summed E-state index contributed by atoms with van der Waals surface area (Å²) in [7, 11) is 0. The molecule has 0 spiro atoms. The molecule has 1 atom stereocenters. The van der Waals surface area contributed by atoms with Gasteiger partial charge in [0.1, 0.15) is 5.82 Å². The van der Waals surface area contributed by atoms with Crippen molar-refractivity contribution in [2.75, 3.05) is 18.0 Å². The fourth-order valence-electron chi connectivity index (χ4n) is 4.18. The minimum atomic E-state index is -0.389. The lowest BCUT2D eigenvalue weighted by atomic mass is 9.89. The highest BCUT2D eigenvalue weighted by molar-refractivity contribution is 6.22. The first-order chi connectivity index (χ1) is 13.1. The van der Waals surface area contributed by atoms with Gasteiger partial charge in [0.25, 0.3) is 5.91 Å². The molecule has 2 aliphatic rings. The molecule has 140 valence electrons. The van der Waals surface area contributed by atoms with Gasteiger partial charge in [-0.25, -0.2) is 9.29 Å². The average Bonchev–Trinajstić information content (AvgIpc) is 2.98. The zero-order valence-corrected chi connectivity index (χ0v) is 15.2. The van der Waals surface area contributed by atoms with Crippen molar-refractivity contribution in [1.29, 1.82) is 0 Å². The zero-order chi connectivity index (χ0) is 18.8. The van der Waals surface area contributed by atoms with Crippen LogP contribution in [0.5, 0.6) is 0 Å². The molecule has 0 N–H and O–H groups in total. The highest BCUT2D eigenvalue weighted by Crippen LogP contribution is 2.29. The third-order valence-electron chi connectivity index (χ3n) is 5.66. The molecule has 2 aliphatic heterocycles. The summed E-state index contributed by atoms with van der Waals surface area (Å²) < 4.78 is 13.1. The van der Waals surface area contributed by atoms with Crippen LogP contribution in [0.15, 0.2) is 54.6 Å². The predicted octanol–water partition coefficient (Wildman–Crippen LogP) is 3.41. The molecule has 4 nitrogen and oxygen atoms in total. The van der Waals surface area contributed by atoms with E-state index >= 15 is 0 Å². The number of halogens is 1. The van der Waals surface area contributed by atoms with Crippen molar-refractivity contribution in [1.82, 2.24) is 4.90 Å². The summed E-state index contributed by atoms with van der Waals surface area (Å²) in [5, 5.41) is 0. The van der Waals surface area contributed by atoms with Crippen molar-refractivity contribution in [3.8, 4) is 0 Å². The number of hydrogen-bond acceptors (Lipinski definition) is 3. The second-order valence-electron chi connectivity index (χ2n) is 7.43. The summed E-state index contributed by atoms with van der Waals surface area (Å²) in [4.78, 5) is 28.6. The molecule has 5 heteroatoms. The Kier molecular flexibility index (Phi) is 5.03. The van der Waals surface area contributed by atoms with Crippen molar-refractivity contribution >= 4 is 17.5 Å². The molecule has 2 saturated heterocycles. The molecule has 0 radical (unpaired) electrons. The highest BCUT2D eigenvalue weighted by atomic mass is 19.1. The van der Waals surface area contributed by atoms with E-state index in [9.17, 15) is 14.0 Å². The van der Waals surface area contributed by atoms with Gasteiger partial charge in [0.2, 0.25) is 5.91 Å². The fraction of sp³-hybridized carbons (Fsp3) is 0.364. The predicted molar refractivity (Wildman–Crippen MR) is 102 cm³/mol. The summed E-state index contributed by atoms with van der Waals surface area (Å²) >= 11 is 0. The van der Waals surface area contributed by atoms with Gasteiger partial charge in [-0.3, -0.25) is 14.5 Å². The minimum Gasteiger partial charge on any atom is -0.292 e. The Morgan fingerprint density at radius 1 is 0.926 bits per heavy atom. The van der Waals surface area contributed by atoms with Crippen molar-refractivity contribution in [3.05, 3.63) is 66.0 Å². The van der Waals surface area contributed by atoms with E-state index in [2.05, 4.69) is 29.2 Å². The maximum absolute atomic E-state index is 13.1. The first-order valence-corrected chi connectivity index (χ1v) is 9.52. The van der Waals surface area contributed by atoms with Crippen LogP contribution in [0.3, 0.4) is 0 Å². The van der Waals surface area contributed by atoms with Gasteiger partial charge in [0.05, 0.1) is 18.2 Å². The standard InChI is InChI=1S/C22H23FN2O2/c23-18-6-8-19(9-7-18)25-21(26)15-20(22(25)27)24-12-10-17(11-13-24)14-16-4-2-1-3-5-16/h1-9,17,20H,10-15H2/t20-/m1/s1. The molecule has 2 amide bonds.